The predicted octanol–water partition coefficient (Wildman–Crippen LogP) is 3.26. The number of nitrogens with zero attached hydrogens (tertiary/aromatic N) is 2. The van der Waals surface area contributed by atoms with Gasteiger partial charge < -0.3 is 26.5 Å². The van der Waals surface area contributed by atoms with Crippen molar-refractivity contribution in [1.29, 1.82) is 0 Å². The maximum Gasteiger partial charge on any atom is 0.252 e. The summed E-state index contributed by atoms with van der Waals surface area (Å²) in [6.45, 7) is 3.76. The second kappa shape index (κ2) is 8.70. The molecule has 3 rings (SSSR count). The van der Waals surface area contributed by atoms with Crippen LogP contribution in [-0.2, 0) is 0 Å². The van der Waals surface area contributed by atoms with Gasteiger partial charge in [-0.25, -0.2) is 9.37 Å². The third-order valence-electron chi connectivity index (χ3n) is 4.43. The molecule has 0 saturated heterocycles. The number of aromatic nitrogens is 2. The van der Waals surface area contributed by atoms with Crippen LogP contribution in [0.2, 0.25) is 0 Å². The smallest absolute Gasteiger partial charge is 0.252 e. The van der Waals surface area contributed by atoms with Crippen LogP contribution >= 0.6 is 0 Å². The molecule has 8 nitrogen and oxygen atoms in total. The fraction of sp³-hybridized carbons (Fsp3) is 0.250. The van der Waals surface area contributed by atoms with Gasteiger partial charge in [0.15, 0.2) is 17.4 Å². The number of anilines is 3. The van der Waals surface area contributed by atoms with E-state index in [1.54, 1.807) is 36.7 Å². The lowest BCUT2D eigenvalue weighted by Crippen LogP contribution is -2.38. The van der Waals surface area contributed by atoms with Crippen LogP contribution in [-0.4, -0.2) is 28.0 Å². The van der Waals surface area contributed by atoms with Crippen molar-refractivity contribution in [2.45, 2.75) is 32.4 Å². The first kappa shape index (κ1) is 20.3. The van der Waals surface area contributed by atoms with E-state index in [-0.39, 0.29) is 29.3 Å². The molecule has 3 heterocycles. The van der Waals surface area contributed by atoms with Gasteiger partial charge in [0.25, 0.3) is 5.91 Å². The van der Waals surface area contributed by atoms with Crippen LogP contribution in [0.25, 0.3) is 11.5 Å². The fourth-order valence-electron chi connectivity index (χ4n) is 2.86. The van der Waals surface area contributed by atoms with E-state index >= 15 is 0 Å². The van der Waals surface area contributed by atoms with Crippen LogP contribution < -0.4 is 22.1 Å². The molecule has 29 heavy (non-hydrogen) atoms. The standard InChI is InChI=1S/C20H23FN6O2/c1-3-15(11(2)22)26-20-14(21)10-13(18(23)28)19(27-20)25-12-6-7-24-16(9-12)17-5-4-8-29-17/h4-11,15H,3,22H2,1-2H3,(H2,23,28)(H2,24,25,26,27)/t11-,15+/m0/s1. The number of carbonyl (C=O) groups excluding carboxylic acids is 1. The number of primary amides is 1. The molecule has 0 fully saturated rings. The quantitative estimate of drug-likeness (QED) is 0.458. The summed E-state index contributed by atoms with van der Waals surface area (Å²) >= 11 is 0. The highest BCUT2D eigenvalue weighted by atomic mass is 19.1. The number of rotatable bonds is 8. The van der Waals surface area contributed by atoms with Gasteiger partial charge in [-0.3, -0.25) is 9.78 Å². The van der Waals surface area contributed by atoms with Crippen molar-refractivity contribution in [3.05, 3.63) is 54.2 Å². The maximum atomic E-state index is 14.5. The van der Waals surface area contributed by atoms with E-state index in [1.165, 1.54) is 0 Å². The molecule has 3 aromatic heterocycles. The van der Waals surface area contributed by atoms with Gasteiger partial charge in [-0.05, 0) is 43.7 Å². The average molecular weight is 398 g/mol. The van der Waals surface area contributed by atoms with Crippen LogP contribution in [0.3, 0.4) is 0 Å². The topological polar surface area (TPSA) is 132 Å². The van der Waals surface area contributed by atoms with Crippen molar-refractivity contribution in [2.24, 2.45) is 11.5 Å². The Morgan fingerprint density at radius 2 is 2.10 bits per heavy atom. The molecule has 152 valence electrons. The van der Waals surface area contributed by atoms with Crippen molar-refractivity contribution in [2.75, 3.05) is 10.6 Å². The van der Waals surface area contributed by atoms with Crippen LogP contribution in [0.15, 0.2) is 47.2 Å². The molecule has 0 spiro atoms. The van der Waals surface area contributed by atoms with Gasteiger partial charge in [0, 0.05) is 24.0 Å². The summed E-state index contributed by atoms with van der Waals surface area (Å²) in [5.74, 6) is -0.792. The Bertz CT molecular complexity index is 991. The number of furan rings is 1. The Balaban J connectivity index is 1.96. The Morgan fingerprint density at radius 3 is 2.72 bits per heavy atom. The molecule has 0 aromatic carbocycles. The summed E-state index contributed by atoms with van der Waals surface area (Å²) in [5.41, 5.74) is 12.4. The van der Waals surface area contributed by atoms with Gasteiger partial charge in [0.1, 0.15) is 11.5 Å². The van der Waals surface area contributed by atoms with E-state index in [4.69, 9.17) is 15.9 Å². The monoisotopic (exact) mass is 398 g/mol. The van der Waals surface area contributed by atoms with E-state index in [9.17, 15) is 9.18 Å². The predicted molar refractivity (Wildman–Crippen MR) is 109 cm³/mol. The number of halogens is 1. The molecule has 9 heteroatoms. The maximum absolute atomic E-state index is 14.5. The van der Waals surface area contributed by atoms with E-state index in [0.29, 0.717) is 23.6 Å². The molecule has 0 radical (unpaired) electrons. The van der Waals surface area contributed by atoms with Gasteiger partial charge in [0.05, 0.1) is 11.8 Å². The zero-order valence-corrected chi connectivity index (χ0v) is 16.1. The zero-order chi connectivity index (χ0) is 21.0. The molecule has 2 atom stereocenters. The minimum absolute atomic E-state index is 0.0121. The first-order valence-corrected chi connectivity index (χ1v) is 9.18. The zero-order valence-electron chi connectivity index (χ0n) is 16.1. The molecule has 1 amide bonds. The lowest BCUT2D eigenvalue weighted by Gasteiger charge is -2.22. The Morgan fingerprint density at radius 1 is 1.31 bits per heavy atom. The summed E-state index contributed by atoms with van der Waals surface area (Å²) < 4.78 is 19.9. The fourth-order valence-corrected chi connectivity index (χ4v) is 2.86. The van der Waals surface area contributed by atoms with Gasteiger partial charge in [0.2, 0.25) is 0 Å². The number of amides is 1. The van der Waals surface area contributed by atoms with Gasteiger partial charge in [-0.1, -0.05) is 6.92 Å². The highest BCUT2D eigenvalue weighted by molar-refractivity contribution is 5.98. The number of carbonyl (C=O) groups is 1. The van der Waals surface area contributed by atoms with Gasteiger partial charge in [-0.2, -0.15) is 0 Å². The third kappa shape index (κ3) is 4.69. The van der Waals surface area contributed by atoms with Gasteiger partial charge >= 0.3 is 0 Å². The van der Waals surface area contributed by atoms with Crippen LogP contribution in [0, 0.1) is 5.82 Å². The summed E-state index contributed by atoms with van der Waals surface area (Å²) in [6, 6.07) is 7.59. The first-order valence-electron chi connectivity index (χ1n) is 9.18. The minimum Gasteiger partial charge on any atom is -0.463 e. The normalized spacial score (nSPS) is 13.0. The number of hydrogen-bond donors (Lipinski definition) is 4. The molecule has 0 aliphatic carbocycles. The molecule has 0 unspecified atom stereocenters. The van der Waals surface area contributed by atoms with Crippen LogP contribution in [0.4, 0.5) is 21.7 Å². The number of nitrogens with one attached hydrogen (secondary N) is 2. The van der Waals surface area contributed by atoms with E-state index in [2.05, 4.69) is 20.6 Å². The second-order valence-corrected chi connectivity index (χ2v) is 6.63. The summed E-state index contributed by atoms with van der Waals surface area (Å²) in [4.78, 5) is 20.3. The summed E-state index contributed by atoms with van der Waals surface area (Å²) in [7, 11) is 0. The molecule has 0 aliphatic heterocycles. The highest BCUT2D eigenvalue weighted by Crippen LogP contribution is 2.26. The van der Waals surface area contributed by atoms with Crippen molar-refractivity contribution in [3.8, 4) is 11.5 Å². The van der Waals surface area contributed by atoms with Crippen LogP contribution in [0.1, 0.15) is 30.6 Å². The number of hydrogen-bond acceptors (Lipinski definition) is 7. The molecule has 3 aromatic rings. The van der Waals surface area contributed by atoms with E-state index < -0.39 is 11.7 Å². The number of nitrogens with two attached hydrogens (primary N) is 2. The minimum atomic E-state index is -0.801. The second-order valence-electron chi connectivity index (χ2n) is 6.63. The molecule has 0 bridgehead atoms. The lowest BCUT2D eigenvalue weighted by molar-refractivity contribution is 0.100. The van der Waals surface area contributed by atoms with Gasteiger partial charge in [-0.15, -0.1) is 0 Å². The first-order chi connectivity index (χ1) is 13.9. The molecular weight excluding hydrogens is 375 g/mol. The SMILES string of the molecule is CC[C@@H](Nc1nc(Nc2ccnc(-c3ccco3)c2)c(C(N)=O)cc1F)[C@H](C)N. The largest absolute Gasteiger partial charge is 0.463 e. The molecular formula is C20H23FN6O2. The van der Waals surface area contributed by atoms with Crippen LogP contribution in [0.5, 0.6) is 0 Å². The number of pyridine rings is 2. The molecule has 0 aliphatic rings. The van der Waals surface area contributed by atoms with Crippen molar-refractivity contribution in [1.82, 2.24) is 9.97 Å². The third-order valence-corrected chi connectivity index (χ3v) is 4.43. The Hall–Kier alpha value is -3.46. The summed E-state index contributed by atoms with van der Waals surface area (Å²) in [5, 5.41) is 6.00. The van der Waals surface area contributed by atoms with Crippen molar-refractivity contribution in [3.63, 3.8) is 0 Å². The van der Waals surface area contributed by atoms with E-state index in [0.717, 1.165) is 6.07 Å². The Kier molecular flexibility index (Phi) is 6.08. The highest BCUT2D eigenvalue weighted by Gasteiger charge is 2.19. The Labute approximate surface area is 167 Å². The van der Waals surface area contributed by atoms with Crippen molar-refractivity contribution < 1.29 is 13.6 Å². The lowest BCUT2D eigenvalue weighted by atomic mass is 10.1. The molecule has 0 saturated carbocycles. The van der Waals surface area contributed by atoms with Crippen molar-refractivity contribution >= 4 is 23.2 Å². The summed E-state index contributed by atoms with van der Waals surface area (Å²) in [6.07, 6.45) is 3.80. The van der Waals surface area contributed by atoms with E-state index in [1.807, 2.05) is 13.8 Å². The average Bonchev–Trinajstić information content (AvgIpc) is 3.22. The molecule has 6 N–H and O–H groups in total.